The smallest absolute Gasteiger partial charge is 0.119 e. The van der Waals surface area contributed by atoms with Crippen molar-refractivity contribution in [2.24, 2.45) is 0 Å². The van der Waals surface area contributed by atoms with Crippen LogP contribution in [0.15, 0.2) is 36.9 Å². The molecular formula is C15H21NOS. The highest BCUT2D eigenvalue weighted by Crippen LogP contribution is 2.46. The van der Waals surface area contributed by atoms with E-state index in [-0.39, 0.29) is 0 Å². The number of ether oxygens (including phenoxy) is 1. The fourth-order valence-corrected chi connectivity index (χ4v) is 2.64. The second-order valence-corrected chi connectivity index (χ2v) is 6.01. The zero-order chi connectivity index (χ0) is 12.8. The number of nitrogens with one attached hydrogen (secondary N) is 1. The molecule has 18 heavy (non-hydrogen) atoms. The van der Waals surface area contributed by atoms with Gasteiger partial charge in [0, 0.05) is 17.8 Å². The minimum atomic E-state index is 0.535. The highest BCUT2D eigenvalue weighted by atomic mass is 32.2. The standard InChI is InChI=1S/C15H21NOS/c1-3-10-17-14-6-4-13(5-7-14)11-16-12-15(18-2)8-9-15/h3-7,16H,1,8-12H2,2H3. The summed E-state index contributed by atoms with van der Waals surface area (Å²) in [6, 6.07) is 8.26. The molecule has 1 saturated carbocycles. The van der Waals surface area contributed by atoms with Gasteiger partial charge >= 0.3 is 0 Å². The second kappa shape index (κ2) is 6.30. The van der Waals surface area contributed by atoms with Gasteiger partial charge in [0.1, 0.15) is 12.4 Å². The first-order chi connectivity index (χ1) is 8.78. The van der Waals surface area contributed by atoms with Crippen LogP contribution in [-0.2, 0) is 6.54 Å². The van der Waals surface area contributed by atoms with E-state index in [0.717, 1.165) is 18.8 Å². The summed E-state index contributed by atoms with van der Waals surface area (Å²) >= 11 is 1.99. The third-order valence-corrected chi connectivity index (χ3v) is 4.73. The number of hydrogen-bond acceptors (Lipinski definition) is 3. The first-order valence-corrected chi connectivity index (χ1v) is 7.59. The molecule has 0 bridgehead atoms. The molecule has 0 amide bonds. The Morgan fingerprint density at radius 2 is 2.11 bits per heavy atom. The number of thioether (sulfide) groups is 1. The van der Waals surface area contributed by atoms with Crippen molar-refractivity contribution in [3.05, 3.63) is 42.5 Å². The monoisotopic (exact) mass is 263 g/mol. The largest absolute Gasteiger partial charge is 0.490 e. The van der Waals surface area contributed by atoms with E-state index in [0.29, 0.717) is 11.4 Å². The second-order valence-electron chi connectivity index (χ2n) is 4.73. The molecule has 2 nitrogen and oxygen atoms in total. The van der Waals surface area contributed by atoms with Crippen molar-refractivity contribution < 1.29 is 4.74 Å². The lowest BCUT2D eigenvalue weighted by Crippen LogP contribution is -2.25. The molecule has 0 unspecified atom stereocenters. The molecule has 2 rings (SSSR count). The maximum Gasteiger partial charge on any atom is 0.119 e. The van der Waals surface area contributed by atoms with E-state index >= 15 is 0 Å². The molecule has 1 aliphatic rings. The van der Waals surface area contributed by atoms with Gasteiger partial charge in [-0.2, -0.15) is 11.8 Å². The molecule has 0 aliphatic heterocycles. The normalized spacial score (nSPS) is 16.3. The summed E-state index contributed by atoms with van der Waals surface area (Å²) in [4.78, 5) is 0. The van der Waals surface area contributed by atoms with Crippen molar-refractivity contribution in [3.63, 3.8) is 0 Å². The van der Waals surface area contributed by atoms with Gasteiger partial charge in [0.05, 0.1) is 0 Å². The Labute approximate surface area is 114 Å². The predicted molar refractivity (Wildman–Crippen MR) is 79.3 cm³/mol. The summed E-state index contributed by atoms with van der Waals surface area (Å²) in [6.07, 6.45) is 6.68. The van der Waals surface area contributed by atoms with Crippen LogP contribution in [0.3, 0.4) is 0 Å². The lowest BCUT2D eigenvalue weighted by Gasteiger charge is -2.13. The highest BCUT2D eigenvalue weighted by Gasteiger charge is 2.41. The maximum atomic E-state index is 5.45. The summed E-state index contributed by atoms with van der Waals surface area (Å²) in [7, 11) is 0. The third kappa shape index (κ3) is 3.79. The summed E-state index contributed by atoms with van der Waals surface area (Å²) in [6.45, 7) is 6.25. The number of hydrogen-bond donors (Lipinski definition) is 1. The molecular weight excluding hydrogens is 242 g/mol. The van der Waals surface area contributed by atoms with Crippen LogP contribution in [0.2, 0.25) is 0 Å². The van der Waals surface area contributed by atoms with Gasteiger partial charge in [-0.15, -0.1) is 0 Å². The Bertz CT molecular complexity index is 384. The van der Waals surface area contributed by atoms with Crippen LogP contribution in [0.25, 0.3) is 0 Å². The molecule has 98 valence electrons. The van der Waals surface area contributed by atoms with Crippen molar-refractivity contribution >= 4 is 11.8 Å². The lowest BCUT2D eigenvalue weighted by molar-refractivity contribution is 0.363. The fourth-order valence-electron chi connectivity index (χ4n) is 1.89. The minimum Gasteiger partial charge on any atom is -0.490 e. The van der Waals surface area contributed by atoms with Crippen LogP contribution < -0.4 is 10.1 Å². The van der Waals surface area contributed by atoms with Crippen molar-refractivity contribution in [2.45, 2.75) is 24.1 Å². The van der Waals surface area contributed by atoms with Gasteiger partial charge in [0.2, 0.25) is 0 Å². The molecule has 1 aliphatic carbocycles. The van der Waals surface area contributed by atoms with Gasteiger partial charge < -0.3 is 10.1 Å². The Morgan fingerprint density at radius 3 is 2.67 bits per heavy atom. The maximum absolute atomic E-state index is 5.45. The Hall–Kier alpha value is -0.930. The van der Waals surface area contributed by atoms with Crippen molar-refractivity contribution in [1.29, 1.82) is 0 Å². The molecule has 1 aromatic rings. The third-order valence-electron chi connectivity index (χ3n) is 3.31. The lowest BCUT2D eigenvalue weighted by atomic mass is 10.2. The predicted octanol–water partition coefficient (Wildman–Crippen LogP) is 3.24. The van der Waals surface area contributed by atoms with Crippen molar-refractivity contribution in [3.8, 4) is 5.75 Å². The Kier molecular flexibility index (Phi) is 4.72. The summed E-state index contributed by atoms with van der Waals surface area (Å²) < 4.78 is 5.99. The van der Waals surface area contributed by atoms with Gasteiger partial charge in [-0.05, 0) is 36.8 Å². The molecule has 0 heterocycles. The zero-order valence-corrected chi connectivity index (χ0v) is 11.8. The van der Waals surface area contributed by atoms with E-state index in [1.54, 1.807) is 6.08 Å². The van der Waals surface area contributed by atoms with Crippen LogP contribution in [0.4, 0.5) is 0 Å². The van der Waals surface area contributed by atoms with Crippen LogP contribution in [0.5, 0.6) is 5.75 Å². The summed E-state index contributed by atoms with van der Waals surface area (Å²) in [5.74, 6) is 0.904. The topological polar surface area (TPSA) is 21.3 Å². The highest BCUT2D eigenvalue weighted by molar-refractivity contribution is 8.00. The molecule has 0 saturated heterocycles. The number of benzene rings is 1. The van der Waals surface area contributed by atoms with E-state index in [9.17, 15) is 0 Å². The van der Waals surface area contributed by atoms with Crippen LogP contribution in [0.1, 0.15) is 18.4 Å². The average molecular weight is 263 g/mol. The van der Waals surface area contributed by atoms with Gasteiger partial charge in [-0.25, -0.2) is 0 Å². The first-order valence-electron chi connectivity index (χ1n) is 6.36. The van der Waals surface area contributed by atoms with E-state index < -0.39 is 0 Å². The molecule has 0 atom stereocenters. The van der Waals surface area contributed by atoms with E-state index in [1.165, 1.54) is 18.4 Å². The molecule has 1 N–H and O–H groups in total. The number of rotatable bonds is 8. The van der Waals surface area contributed by atoms with Crippen LogP contribution in [-0.4, -0.2) is 24.2 Å². The van der Waals surface area contributed by atoms with Gasteiger partial charge in [-0.1, -0.05) is 24.8 Å². The Morgan fingerprint density at radius 1 is 1.39 bits per heavy atom. The SMILES string of the molecule is C=CCOc1ccc(CNCC2(SC)CC2)cc1. The van der Waals surface area contributed by atoms with Gasteiger partial charge in [0.15, 0.2) is 0 Å². The molecule has 0 aromatic heterocycles. The molecule has 0 radical (unpaired) electrons. The average Bonchev–Trinajstić information content (AvgIpc) is 3.18. The zero-order valence-electron chi connectivity index (χ0n) is 10.9. The fraction of sp³-hybridized carbons (Fsp3) is 0.467. The van der Waals surface area contributed by atoms with E-state index in [4.69, 9.17) is 4.74 Å². The molecule has 1 fully saturated rings. The van der Waals surface area contributed by atoms with Crippen molar-refractivity contribution in [1.82, 2.24) is 5.32 Å². The first kappa shape index (κ1) is 13.5. The van der Waals surface area contributed by atoms with Gasteiger partial charge in [0.25, 0.3) is 0 Å². The minimum absolute atomic E-state index is 0.535. The van der Waals surface area contributed by atoms with Crippen molar-refractivity contribution in [2.75, 3.05) is 19.4 Å². The quantitative estimate of drug-likeness (QED) is 0.728. The Balaban J connectivity index is 1.74. The summed E-state index contributed by atoms with van der Waals surface area (Å²) in [5, 5.41) is 3.54. The molecule has 0 spiro atoms. The van der Waals surface area contributed by atoms with Crippen LogP contribution in [0, 0.1) is 0 Å². The summed E-state index contributed by atoms with van der Waals surface area (Å²) in [5.41, 5.74) is 1.30. The van der Waals surface area contributed by atoms with Crippen LogP contribution >= 0.6 is 11.8 Å². The van der Waals surface area contributed by atoms with E-state index in [1.807, 2.05) is 23.9 Å². The molecule has 1 aromatic carbocycles. The molecule has 3 heteroatoms. The van der Waals surface area contributed by atoms with Gasteiger partial charge in [-0.3, -0.25) is 0 Å². The van der Waals surface area contributed by atoms with E-state index in [2.05, 4.69) is 30.3 Å².